The molecule has 0 aromatic heterocycles. The summed E-state index contributed by atoms with van der Waals surface area (Å²) < 4.78 is 22.5. The maximum atomic E-state index is 13.3. The molecule has 2 aromatic rings. The van der Waals surface area contributed by atoms with Gasteiger partial charge in [-0.1, -0.05) is 48.5 Å². The summed E-state index contributed by atoms with van der Waals surface area (Å²) in [5, 5.41) is 0. The summed E-state index contributed by atoms with van der Waals surface area (Å²) in [6, 6.07) is 16.4. The topological polar surface area (TPSA) is 74.3 Å². The molecule has 0 radical (unpaired) electrons. The van der Waals surface area contributed by atoms with Gasteiger partial charge in [-0.25, -0.2) is 4.79 Å². The fourth-order valence-electron chi connectivity index (χ4n) is 5.89. The van der Waals surface area contributed by atoms with Crippen LogP contribution in [0.15, 0.2) is 48.5 Å². The van der Waals surface area contributed by atoms with Crippen molar-refractivity contribution in [3.63, 3.8) is 0 Å². The molecule has 36 heavy (non-hydrogen) atoms. The standard InChI is InChI=1S/C29H35NO6/c1-2-33-13-14-34-12-11-28(31)20-15-21-17-35-18-22(16-20)30(21)29(32)36-19-27-25-9-5-3-7-23(25)24-8-4-6-10-26(24)27/h3-10,20-22,27H,2,11-19H2,1H3. The van der Waals surface area contributed by atoms with Crippen molar-refractivity contribution < 1.29 is 28.5 Å². The van der Waals surface area contributed by atoms with Gasteiger partial charge in [0.05, 0.1) is 45.1 Å². The first-order chi connectivity index (χ1) is 17.7. The molecule has 2 bridgehead atoms. The maximum absolute atomic E-state index is 13.3. The molecule has 2 aromatic carbocycles. The Morgan fingerprint density at radius 2 is 1.50 bits per heavy atom. The first-order valence-electron chi connectivity index (χ1n) is 13.1. The number of benzene rings is 2. The average molecular weight is 494 g/mol. The Kier molecular flexibility index (Phi) is 7.99. The molecular weight excluding hydrogens is 458 g/mol. The van der Waals surface area contributed by atoms with Crippen LogP contribution in [0.5, 0.6) is 0 Å². The number of amides is 1. The summed E-state index contributed by atoms with van der Waals surface area (Å²) in [5.74, 6) is 0.159. The minimum Gasteiger partial charge on any atom is -0.448 e. The lowest BCUT2D eigenvalue weighted by Crippen LogP contribution is -2.60. The van der Waals surface area contributed by atoms with Crippen LogP contribution in [-0.2, 0) is 23.7 Å². The van der Waals surface area contributed by atoms with Gasteiger partial charge in [0.2, 0.25) is 0 Å². The number of hydrogen-bond donors (Lipinski definition) is 0. The average Bonchev–Trinajstić information content (AvgIpc) is 3.22. The fraction of sp³-hybridized carbons (Fsp3) is 0.517. The summed E-state index contributed by atoms with van der Waals surface area (Å²) in [4.78, 5) is 28.0. The van der Waals surface area contributed by atoms with E-state index in [0.29, 0.717) is 65.5 Å². The summed E-state index contributed by atoms with van der Waals surface area (Å²) in [5.41, 5.74) is 4.81. The quantitative estimate of drug-likeness (QED) is 0.456. The highest BCUT2D eigenvalue weighted by atomic mass is 16.6. The lowest BCUT2D eigenvalue weighted by Gasteiger charge is -2.47. The Bertz CT molecular complexity index is 1010. The van der Waals surface area contributed by atoms with E-state index in [1.165, 1.54) is 22.3 Å². The monoisotopic (exact) mass is 493 g/mol. The molecule has 1 amide bonds. The largest absolute Gasteiger partial charge is 0.448 e. The number of ketones is 1. The number of Topliss-reactive ketones (excluding diaryl/α,β-unsaturated/α-hetero) is 1. The normalized spacial score (nSPS) is 22.7. The molecule has 2 atom stereocenters. The number of fused-ring (bicyclic) bond motifs is 5. The minimum absolute atomic E-state index is 0.0271. The minimum atomic E-state index is -0.305. The van der Waals surface area contributed by atoms with E-state index in [-0.39, 0.29) is 35.8 Å². The Balaban J connectivity index is 1.17. The molecule has 2 aliphatic heterocycles. The van der Waals surface area contributed by atoms with Crippen molar-refractivity contribution in [2.24, 2.45) is 5.92 Å². The highest BCUT2D eigenvalue weighted by molar-refractivity contribution is 5.82. The van der Waals surface area contributed by atoms with Gasteiger partial charge in [-0.3, -0.25) is 9.69 Å². The van der Waals surface area contributed by atoms with Gasteiger partial charge in [-0.2, -0.15) is 0 Å². The summed E-state index contributed by atoms with van der Waals surface area (Å²) in [7, 11) is 0. The Labute approximate surface area is 212 Å². The summed E-state index contributed by atoms with van der Waals surface area (Å²) >= 11 is 0. The van der Waals surface area contributed by atoms with E-state index in [0.717, 1.165) is 0 Å². The maximum Gasteiger partial charge on any atom is 0.410 e. The zero-order valence-corrected chi connectivity index (χ0v) is 20.9. The third-order valence-electron chi connectivity index (χ3n) is 7.59. The van der Waals surface area contributed by atoms with E-state index in [1.54, 1.807) is 0 Å². The Morgan fingerprint density at radius 1 is 0.889 bits per heavy atom. The summed E-state index contributed by atoms with van der Waals surface area (Å²) in [6.45, 7) is 5.24. The first-order valence-corrected chi connectivity index (χ1v) is 13.1. The van der Waals surface area contributed by atoms with E-state index in [9.17, 15) is 9.59 Å². The Morgan fingerprint density at radius 3 is 2.14 bits per heavy atom. The molecule has 192 valence electrons. The number of hydrogen-bond acceptors (Lipinski definition) is 6. The van der Waals surface area contributed by atoms with Crippen LogP contribution in [0.3, 0.4) is 0 Å². The lowest BCUT2D eigenvalue weighted by atomic mass is 9.82. The zero-order valence-electron chi connectivity index (χ0n) is 20.9. The molecule has 0 spiro atoms. The number of carbonyl (C=O) groups excluding carboxylic acids is 2. The van der Waals surface area contributed by atoms with Crippen LogP contribution in [0.4, 0.5) is 4.79 Å². The van der Waals surface area contributed by atoms with Crippen molar-refractivity contribution in [2.45, 2.75) is 44.2 Å². The predicted molar refractivity (Wildman–Crippen MR) is 135 cm³/mol. The van der Waals surface area contributed by atoms with Gasteiger partial charge in [0.25, 0.3) is 0 Å². The van der Waals surface area contributed by atoms with E-state index in [1.807, 2.05) is 36.1 Å². The molecular formula is C29H35NO6. The van der Waals surface area contributed by atoms with Crippen molar-refractivity contribution in [2.75, 3.05) is 46.2 Å². The molecule has 0 saturated carbocycles. The van der Waals surface area contributed by atoms with Gasteiger partial charge >= 0.3 is 6.09 Å². The van der Waals surface area contributed by atoms with E-state index in [4.69, 9.17) is 18.9 Å². The van der Waals surface area contributed by atoms with Gasteiger partial charge in [-0.05, 0) is 42.0 Å². The SMILES string of the molecule is CCOCCOCCC(=O)C1CC2COCC(C1)N2C(=O)OCC1c2ccccc2-c2ccccc21. The van der Waals surface area contributed by atoms with E-state index >= 15 is 0 Å². The van der Waals surface area contributed by atoms with Crippen molar-refractivity contribution in [1.29, 1.82) is 0 Å². The number of morpholine rings is 1. The van der Waals surface area contributed by atoms with Crippen molar-refractivity contribution in [3.8, 4) is 11.1 Å². The van der Waals surface area contributed by atoms with Crippen LogP contribution < -0.4 is 0 Å². The van der Waals surface area contributed by atoms with Crippen LogP contribution in [0, 0.1) is 5.92 Å². The van der Waals surface area contributed by atoms with Gasteiger partial charge in [-0.15, -0.1) is 0 Å². The molecule has 7 heteroatoms. The first kappa shape index (κ1) is 24.9. The van der Waals surface area contributed by atoms with Gasteiger partial charge in [0.15, 0.2) is 0 Å². The van der Waals surface area contributed by atoms with Crippen LogP contribution in [-0.4, -0.2) is 75.1 Å². The van der Waals surface area contributed by atoms with Gasteiger partial charge in [0.1, 0.15) is 12.4 Å². The fourth-order valence-corrected chi connectivity index (χ4v) is 5.89. The zero-order chi connectivity index (χ0) is 24.9. The number of ether oxygens (including phenoxy) is 4. The number of carbonyl (C=O) groups is 2. The van der Waals surface area contributed by atoms with Crippen molar-refractivity contribution in [1.82, 2.24) is 4.90 Å². The second-order valence-electron chi connectivity index (χ2n) is 9.75. The molecule has 3 aliphatic rings. The van der Waals surface area contributed by atoms with Gasteiger partial charge in [0, 0.05) is 24.9 Å². The molecule has 2 saturated heterocycles. The second kappa shape index (κ2) is 11.5. The number of nitrogens with zero attached hydrogens (tertiary/aromatic N) is 1. The smallest absolute Gasteiger partial charge is 0.410 e. The van der Waals surface area contributed by atoms with E-state index in [2.05, 4.69) is 24.3 Å². The van der Waals surface area contributed by atoms with Crippen LogP contribution in [0.1, 0.15) is 43.2 Å². The van der Waals surface area contributed by atoms with E-state index < -0.39 is 0 Å². The molecule has 7 nitrogen and oxygen atoms in total. The third kappa shape index (κ3) is 5.19. The van der Waals surface area contributed by atoms with Crippen LogP contribution >= 0.6 is 0 Å². The molecule has 5 rings (SSSR count). The lowest BCUT2D eigenvalue weighted by molar-refractivity contribution is -0.132. The molecule has 0 N–H and O–H groups in total. The predicted octanol–water partition coefficient (Wildman–Crippen LogP) is 4.43. The number of piperidine rings is 1. The van der Waals surface area contributed by atoms with Crippen molar-refractivity contribution in [3.05, 3.63) is 59.7 Å². The molecule has 2 heterocycles. The summed E-state index contributed by atoms with van der Waals surface area (Å²) in [6.07, 6.45) is 1.30. The molecule has 2 fully saturated rings. The second-order valence-corrected chi connectivity index (χ2v) is 9.75. The van der Waals surface area contributed by atoms with Gasteiger partial charge < -0.3 is 18.9 Å². The third-order valence-corrected chi connectivity index (χ3v) is 7.59. The van der Waals surface area contributed by atoms with Crippen molar-refractivity contribution >= 4 is 11.9 Å². The molecule has 1 aliphatic carbocycles. The highest BCUT2D eigenvalue weighted by Crippen LogP contribution is 2.44. The van der Waals surface area contributed by atoms with Crippen LogP contribution in [0.2, 0.25) is 0 Å². The highest BCUT2D eigenvalue weighted by Gasteiger charge is 2.44. The Hall–Kier alpha value is -2.74. The van der Waals surface area contributed by atoms with Crippen LogP contribution in [0.25, 0.3) is 11.1 Å². The molecule has 2 unspecified atom stereocenters. The number of rotatable bonds is 10.